The van der Waals surface area contributed by atoms with Crippen molar-refractivity contribution in [1.82, 2.24) is 0 Å². The average molecular weight is 154 g/mol. The SMILES string of the molecule is O=C(O)C=CC1=CCCOC1. The van der Waals surface area contributed by atoms with E-state index in [1.54, 1.807) is 6.08 Å². The van der Waals surface area contributed by atoms with Gasteiger partial charge in [-0.25, -0.2) is 4.79 Å². The third-order valence-electron chi connectivity index (χ3n) is 1.38. The van der Waals surface area contributed by atoms with Crippen molar-refractivity contribution in [1.29, 1.82) is 0 Å². The first-order valence-corrected chi connectivity index (χ1v) is 3.47. The normalized spacial score (nSPS) is 18.4. The maximum Gasteiger partial charge on any atom is 0.328 e. The van der Waals surface area contributed by atoms with Crippen LogP contribution < -0.4 is 0 Å². The van der Waals surface area contributed by atoms with Crippen LogP contribution in [0.2, 0.25) is 0 Å². The number of hydrogen-bond acceptors (Lipinski definition) is 2. The molecule has 0 aromatic heterocycles. The molecular weight excluding hydrogens is 144 g/mol. The van der Waals surface area contributed by atoms with Crippen LogP contribution in [0.4, 0.5) is 0 Å². The predicted molar refractivity (Wildman–Crippen MR) is 40.3 cm³/mol. The lowest BCUT2D eigenvalue weighted by atomic mass is 10.2. The van der Waals surface area contributed by atoms with E-state index in [0.717, 1.165) is 24.7 Å². The van der Waals surface area contributed by atoms with Gasteiger partial charge in [-0.3, -0.25) is 0 Å². The second kappa shape index (κ2) is 3.93. The van der Waals surface area contributed by atoms with Crippen LogP contribution in [-0.2, 0) is 9.53 Å². The van der Waals surface area contributed by atoms with E-state index in [4.69, 9.17) is 9.84 Å². The summed E-state index contributed by atoms with van der Waals surface area (Å²) in [4.78, 5) is 10.1. The number of carboxylic acid groups (broad SMARTS) is 1. The molecule has 0 aliphatic carbocycles. The Bertz CT molecular complexity index is 203. The molecule has 3 heteroatoms. The van der Waals surface area contributed by atoms with Gasteiger partial charge in [0.05, 0.1) is 13.2 Å². The predicted octanol–water partition coefficient (Wildman–Crippen LogP) is 0.974. The van der Waals surface area contributed by atoms with Gasteiger partial charge in [-0.1, -0.05) is 6.08 Å². The molecule has 0 amide bonds. The minimum Gasteiger partial charge on any atom is -0.478 e. The summed E-state index contributed by atoms with van der Waals surface area (Å²) in [6.07, 6.45) is 5.56. The Balaban J connectivity index is 2.47. The van der Waals surface area contributed by atoms with Crippen molar-refractivity contribution in [2.75, 3.05) is 13.2 Å². The van der Waals surface area contributed by atoms with Crippen molar-refractivity contribution < 1.29 is 14.6 Å². The van der Waals surface area contributed by atoms with E-state index in [1.165, 1.54) is 0 Å². The summed E-state index contributed by atoms with van der Waals surface area (Å²) in [5.74, 6) is -0.920. The summed E-state index contributed by atoms with van der Waals surface area (Å²) in [6, 6.07) is 0. The minimum absolute atomic E-state index is 0.532. The highest BCUT2D eigenvalue weighted by molar-refractivity contribution is 5.80. The van der Waals surface area contributed by atoms with E-state index in [0.29, 0.717) is 6.61 Å². The van der Waals surface area contributed by atoms with Crippen molar-refractivity contribution in [3.8, 4) is 0 Å². The Morgan fingerprint density at radius 3 is 3.09 bits per heavy atom. The Kier molecular flexibility index (Phi) is 2.86. The first kappa shape index (κ1) is 8.01. The van der Waals surface area contributed by atoms with Crippen LogP contribution in [0.15, 0.2) is 23.8 Å². The Labute approximate surface area is 65.0 Å². The molecule has 0 radical (unpaired) electrons. The van der Waals surface area contributed by atoms with Gasteiger partial charge in [0.25, 0.3) is 0 Å². The van der Waals surface area contributed by atoms with Gasteiger partial charge in [-0.05, 0) is 18.1 Å². The highest BCUT2D eigenvalue weighted by Gasteiger charge is 1.99. The number of carbonyl (C=O) groups is 1. The summed E-state index contributed by atoms with van der Waals surface area (Å²) in [5, 5.41) is 8.29. The van der Waals surface area contributed by atoms with Gasteiger partial charge >= 0.3 is 5.97 Å². The number of hydrogen-bond donors (Lipinski definition) is 1. The summed E-state index contributed by atoms with van der Waals surface area (Å²) in [7, 11) is 0. The van der Waals surface area contributed by atoms with Gasteiger partial charge in [0.1, 0.15) is 0 Å². The van der Waals surface area contributed by atoms with E-state index in [-0.39, 0.29) is 0 Å². The summed E-state index contributed by atoms with van der Waals surface area (Å²) in [5.41, 5.74) is 0.943. The zero-order valence-corrected chi connectivity index (χ0v) is 6.12. The van der Waals surface area contributed by atoms with Crippen LogP contribution in [-0.4, -0.2) is 24.3 Å². The Morgan fingerprint density at radius 2 is 2.55 bits per heavy atom. The van der Waals surface area contributed by atoms with Gasteiger partial charge in [0.2, 0.25) is 0 Å². The molecule has 0 fully saturated rings. The fraction of sp³-hybridized carbons (Fsp3) is 0.375. The molecule has 0 bridgehead atoms. The lowest BCUT2D eigenvalue weighted by Gasteiger charge is -2.08. The quantitative estimate of drug-likeness (QED) is 0.603. The molecule has 1 aliphatic rings. The van der Waals surface area contributed by atoms with Crippen LogP contribution in [0.5, 0.6) is 0 Å². The highest BCUT2D eigenvalue weighted by Crippen LogP contribution is 2.06. The molecule has 3 nitrogen and oxygen atoms in total. The summed E-state index contributed by atoms with van der Waals surface area (Å²) < 4.78 is 5.10. The molecule has 0 spiro atoms. The number of aliphatic carboxylic acids is 1. The lowest BCUT2D eigenvalue weighted by molar-refractivity contribution is -0.131. The monoisotopic (exact) mass is 154 g/mol. The van der Waals surface area contributed by atoms with E-state index in [2.05, 4.69) is 0 Å². The van der Waals surface area contributed by atoms with Gasteiger partial charge < -0.3 is 9.84 Å². The molecule has 1 aliphatic heterocycles. The van der Waals surface area contributed by atoms with Crippen molar-refractivity contribution >= 4 is 5.97 Å². The molecule has 1 N–H and O–H groups in total. The molecule has 1 heterocycles. The summed E-state index contributed by atoms with van der Waals surface area (Å²) >= 11 is 0. The van der Waals surface area contributed by atoms with Gasteiger partial charge in [-0.2, -0.15) is 0 Å². The van der Waals surface area contributed by atoms with Crippen LogP contribution in [0, 0.1) is 0 Å². The fourth-order valence-corrected chi connectivity index (χ4v) is 0.871. The second-order valence-electron chi connectivity index (χ2n) is 2.29. The third-order valence-corrected chi connectivity index (χ3v) is 1.38. The van der Waals surface area contributed by atoms with Crippen molar-refractivity contribution in [3.05, 3.63) is 23.8 Å². The molecule has 11 heavy (non-hydrogen) atoms. The third kappa shape index (κ3) is 3.00. The van der Waals surface area contributed by atoms with E-state index in [9.17, 15) is 4.79 Å². The van der Waals surface area contributed by atoms with Crippen LogP contribution in [0.25, 0.3) is 0 Å². The fourth-order valence-electron chi connectivity index (χ4n) is 0.871. The number of rotatable bonds is 2. The highest BCUT2D eigenvalue weighted by atomic mass is 16.5. The van der Waals surface area contributed by atoms with Gasteiger partial charge in [0.15, 0.2) is 0 Å². The first-order chi connectivity index (χ1) is 5.29. The molecule has 0 saturated carbocycles. The topological polar surface area (TPSA) is 46.5 Å². The standard InChI is InChI=1S/C8H10O3/c9-8(10)4-3-7-2-1-5-11-6-7/h2-4H,1,5-6H2,(H,9,10). The van der Waals surface area contributed by atoms with Crippen LogP contribution >= 0.6 is 0 Å². The van der Waals surface area contributed by atoms with Gasteiger partial charge in [0, 0.05) is 6.08 Å². The second-order valence-corrected chi connectivity index (χ2v) is 2.29. The zero-order valence-electron chi connectivity index (χ0n) is 6.12. The molecule has 0 aromatic carbocycles. The number of carboxylic acids is 1. The maximum atomic E-state index is 10.1. The van der Waals surface area contributed by atoms with Crippen LogP contribution in [0.1, 0.15) is 6.42 Å². The molecule has 0 unspecified atom stereocenters. The molecule has 60 valence electrons. The molecule has 0 aromatic rings. The zero-order chi connectivity index (χ0) is 8.10. The number of ether oxygens (including phenoxy) is 1. The van der Waals surface area contributed by atoms with Crippen molar-refractivity contribution in [2.45, 2.75) is 6.42 Å². The maximum absolute atomic E-state index is 10.1. The molecule has 0 atom stereocenters. The molecule has 0 saturated heterocycles. The average Bonchev–Trinajstić information content (AvgIpc) is 2.03. The van der Waals surface area contributed by atoms with E-state index in [1.807, 2.05) is 6.08 Å². The van der Waals surface area contributed by atoms with Gasteiger partial charge in [-0.15, -0.1) is 0 Å². The first-order valence-electron chi connectivity index (χ1n) is 3.47. The Morgan fingerprint density at radius 1 is 1.73 bits per heavy atom. The Hall–Kier alpha value is -1.09. The largest absolute Gasteiger partial charge is 0.478 e. The molecular formula is C8H10O3. The van der Waals surface area contributed by atoms with Crippen LogP contribution in [0.3, 0.4) is 0 Å². The summed E-state index contributed by atoms with van der Waals surface area (Å²) in [6.45, 7) is 1.27. The molecule has 1 rings (SSSR count). The lowest BCUT2D eigenvalue weighted by Crippen LogP contribution is -2.04. The minimum atomic E-state index is -0.920. The van der Waals surface area contributed by atoms with Crippen molar-refractivity contribution in [2.24, 2.45) is 0 Å². The van der Waals surface area contributed by atoms with E-state index >= 15 is 0 Å². The van der Waals surface area contributed by atoms with Crippen molar-refractivity contribution in [3.63, 3.8) is 0 Å². The van der Waals surface area contributed by atoms with E-state index < -0.39 is 5.97 Å². The smallest absolute Gasteiger partial charge is 0.328 e.